The van der Waals surface area contributed by atoms with E-state index in [1.54, 1.807) is 49.0 Å². The number of allylic oxidation sites excluding steroid dienone is 1. The summed E-state index contributed by atoms with van der Waals surface area (Å²) in [6.45, 7) is 11.0. The smallest absolute Gasteiger partial charge is 0.278 e. The lowest BCUT2D eigenvalue weighted by Crippen LogP contribution is -2.50. The summed E-state index contributed by atoms with van der Waals surface area (Å²) in [5.74, 6) is 0.845. The average molecular weight is 514 g/mol. The topological polar surface area (TPSA) is 110 Å². The van der Waals surface area contributed by atoms with Crippen molar-refractivity contribution in [2.24, 2.45) is 0 Å². The lowest BCUT2D eigenvalue weighted by molar-refractivity contribution is -0.0694. The Morgan fingerprint density at radius 2 is 2.05 bits per heavy atom. The molecule has 10 heteroatoms. The van der Waals surface area contributed by atoms with E-state index in [1.807, 2.05) is 6.07 Å². The molecule has 2 N–H and O–H groups in total. The van der Waals surface area contributed by atoms with Crippen LogP contribution in [-0.2, 0) is 29.8 Å². The summed E-state index contributed by atoms with van der Waals surface area (Å²) in [5, 5.41) is 14.2. The third kappa shape index (κ3) is 4.40. The second kappa shape index (κ2) is 9.46. The second-order valence-corrected chi connectivity index (χ2v) is 10.4. The van der Waals surface area contributed by atoms with Crippen LogP contribution in [0.5, 0.6) is 0 Å². The monoisotopic (exact) mass is 513 g/mol. The third-order valence-corrected chi connectivity index (χ3v) is 7.20. The van der Waals surface area contributed by atoms with Crippen molar-refractivity contribution in [2.75, 3.05) is 25.1 Å². The molecule has 2 aliphatic heterocycles. The first kappa shape index (κ1) is 24.5. The van der Waals surface area contributed by atoms with Crippen molar-refractivity contribution in [2.45, 2.75) is 45.0 Å². The molecule has 38 heavy (non-hydrogen) atoms. The number of aliphatic hydroxyl groups is 1. The molecule has 0 unspecified atom stereocenters. The molecule has 5 heterocycles. The highest BCUT2D eigenvalue weighted by Crippen LogP contribution is 2.27. The summed E-state index contributed by atoms with van der Waals surface area (Å²) in [7, 11) is 0. The van der Waals surface area contributed by atoms with Crippen LogP contribution >= 0.6 is 0 Å². The fourth-order valence-corrected chi connectivity index (χ4v) is 5.02. The lowest BCUT2D eigenvalue weighted by atomic mass is 9.97. The zero-order valence-corrected chi connectivity index (χ0v) is 21.6. The van der Waals surface area contributed by atoms with E-state index in [9.17, 15) is 9.90 Å². The van der Waals surface area contributed by atoms with E-state index >= 15 is 0 Å². The highest BCUT2D eigenvalue weighted by molar-refractivity contribution is 5.77. The third-order valence-electron chi connectivity index (χ3n) is 7.20. The Hall–Kier alpha value is -3.86. The molecule has 2 aliphatic rings. The Balaban J connectivity index is 1.38. The zero-order valence-electron chi connectivity index (χ0n) is 21.6. The molecule has 1 aromatic carbocycles. The number of nitrogens with zero attached hydrogens (tertiary/aromatic N) is 6. The molecule has 196 valence electrons. The van der Waals surface area contributed by atoms with Crippen LogP contribution in [0, 0.1) is 0 Å². The first-order valence-electron chi connectivity index (χ1n) is 12.8. The van der Waals surface area contributed by atoms with Gasteiger partial charge in [-0.15, -0.1) is 6.58 Å². The van der Waals surface area contributed by atoms with Crippen molar-refractivity contribution in [1.82, 2.24) is 29.2 Å². The Labute approximate surface area is 220 Å². The predicted octanol–water partition coefficient (Wildman–Crippen LogP) is 2.89. The summed E-state index contributed by atoms with van der Waals surface area (Å²) in [4.78, 5) is 29.5. The minimum absolute atomic E-state index is 0.240. The molecule has 6 rings (SSSR count). The maximum Gasteiger partial charge on any atom is 0.278 e. The Morgan fingerprint density at radius 3 is 2.79 bits per heavy atom. The van der Waals surface area contributed by atoms with Crippen LogP contribution in [0.4, 0.5) is 11.6 Å². The van der Waals surface area contributed by atoms with Crippen LogP contribution in [-0.4, -0.2) is 60.1 Å². The number of anilines is 2. The molecule has 0 aliphatic carbocycles. The van der Waals surface area contributed by atoms with E-state index in [1.165, 1.54) is 15.8 Å². The number of aromatic nitrogens is 5. The maximum atomic E-state index is 13.2. The number of benzene rings is 1. The maximum absolute atomic E-state index is 13.2. The Kier molecular flexibility index (Phi) is 6.10. The van der Waals surface area contributed by atoms with Gasteiger partial charge in [-0.2, -0.15) is 4.98 Å². The lowest BCUT2D eigenvalue weighted by Gasteiger charge is -2.40. The average Bonchev–Trinajstić information content (AvgIpc) is 3.13. The van der Waals surface area contributed by atoms with Gasteiger partial charge in [0.1, 0.15) is 11.0 Å². The molecule has 0 atom stereocenters. The van der Waals surface area contributed by atoms with Crippen molar-refractivity contribution >= 4 is 22.7 Å². The Morgan fingerprint density at radius 1 is 1.21 bits per heavy atom. The molecule has 10 nitrogen and oxygen atoms in total. The molecule has 1 fully saturated rings. The van der Waals surface area contributed by atoms with Gasteiger partial charge in [0.25, 0.3) is 5.56 Å². The quantitative estimate of drug-likeness (QED) is 0.363. The molecule has 0 saturated carbocycles. The number of hydrogen-bond donors (Lipinski definition) is 2. The highest BCUT2D eigenvalue weighted by atomic mass is 16.5. The van der Waals surface area contributed by atoms with Gasteiger partial charge in [0.2, 0.25) is 5.95 Å². The molecular weight excluding hydrogens is 482 g/mol. The number of ether oxygens (including phenoxy) is 1. The number of fused-ring (bicyclic) bond motifs is 2. The SMILES string of the molecule is C=CCn1c(=O)c2cnc(Nc3ccc4c(c3)CN(C3COC3)CC4)nc2n1-c1cccc(C(C)(C)O)n1. The fourth-order valence-electron chi connectivity index (χ4n) is 5.02. The van der Waals surface area contributed by atoms with Gasteiger partial charge < -0.3 is 15.2 Å². The van der Waals surface area contributed by atoms with Crippen LogP contribution in [0.1, 0.15) is 30.7 Å². The van der Waals surface area contributed by atoms with Gasteiger partial charge >= 0.3 is 0 Å². The molecule has 3 aromatic heterocycles. The van der Waals surface area contributed by atoms with E-state index < -0.39 is 5.60 Å². The van der Waals surface area contributed by atoms with Gasteiger partial charge in [-0.1, -0.05) is 18.2 Å². The van der Waals surface area contributed by atoms with Gasteiger partial charge in [0.05, 0.1) is 31.5 Å². The number of pyridine rings is 1. The van der Waals surface area contributed by atoms with E-state index in [0.717, 1.165) is 38.4 Å². The van der Waals surface area contributed by atoms with E-state index in [-0.39, 0.29) is 12.1 Å². The van der Waals surface area contributed by atoms with E-state index in [0.29, 0.717) is 34.5 Å². The molecule has 4 aromatic rings. The van der Waals surface area contributed by atoms with Gasteiger partial charge in [0, 0.05) is 25.0 Å². The molecule has 1 saturated heterocycles. The normalized spacial score (nSPS) is 16.3. The van der Waals surface area contributed by atoms with Crippen LogP contribution < -0.4 is 10.9 Å². The largest absolute Gasteiger partial charge is 0.384 e. The van der Waals surface area contributed by atoms with Gasteiger partial charge in [-0.25, -0.2) is 19.3 Å². The van der Waals surface area contributed by atoms with Crippen LogP contribution in [0.25, 0.3) is 16.9 Å². The van der Waals surface area contributed by atoms with Crippen LogP contribution in [0.3, 0.4) is 0 Å². The number of rotatable bonds is 7. The standard InChI is InChI=1S/C28H31N7O3/c1-4-11-34-26(36)22-14-29-27(32-25(22)35(34)24-7-5-6-23(31-24)28(2,3)37)30-20-9-8-18-10-12-33(15-19(18)13-20)21-16-38-17-21/h4-9,13-14,21,37H,1,10-12,15-17H2,2-3H3,(H,29,30,32). The van der Waals surface area contributed by atoms with Crippen molar-refractivity contribution in [3.8, 4) is 5.82 Å². The molecule has 0 spiro atoms. The van der Waals surface area contributed by atoms with E-state index in [4.69, 9.17) is 9.72 Å². The zero-order chi connectivity index (χ0) is 26.4. The summed E-state index contributed by atoms with van der Waals surface area (Å²) < 4.78 is 8.56. The van der Waals surface area contributed by atoms with Gasteiger partial charge in [-0.3, -0.25) is 9.69 Å². The predicted molar refractivity (Wildman–Crippen MR) is 145 cm³/mol. The molecule has 0 amide bonds. The minimum atomic E-state index is -1.14. The summed E-state index contributed by atoms with van der Waals surface area (Å²) in [5.41, 5.74) is 3.06. The first-order valence-corrected chi connectivity index (χ1v) is 12.8. The summed E-state index contributed by atoms with van der Waals surface area (Å²) >= 11 is 0. The van der Waals surface area contributed by atoms with Gasteiger partial charge in [0.15, 0.2) is 11.5 Å². The van der Waals surface area contributed by atoms with Crippen LogP contribution in [0.2, 0.25) is 0 Å². The molecule has 0 bridgehead atoms. The van der Waals surface area contributed by atoms with Crippen molar-refractivity contribution in [3.05, 3.63) is 82.4 Å². The number of nitrogens with one attached hydrogen (secondary N) is 1. The molecule has 0 radical (unpaired) electrons. The second-order valence-electron chi connectivity index (χ2n) is 10.4. The van der Waals surface area contributed by atoms with E-state index in [2.05, 4.69) is 38.9 Å². The summed E-state index contributed by atoms with van der Waals surface area (Å²) in [6.07, 6.45) is 4.21. The van der Waals surface area contributed by atoms with Gasteiger partial charge in [-0.05, 0) is 55.7 Å². The number of hydrogen-bond acceptors (Lipinski definition) is 8. The fraction of sp³-hybridized carbons (Fsp3) is 0.357. The highest BCUT2D eigenvalue weighted by Gasteiger charge is 2.29. The summed E-state index contributed by atoms with van der Waals surface area (Å²) in [6, 6.07) is 12.2. The Bertz CT molecular complexity index is 1580. The first-order chi connectivity index (χ1) is 18.3. The minimum Gasteiger partial charge on any atom is -0.384 e. The van der Waals surface area contributed by atoms with Crippen molar-refractivity contribution in [3.63, 3.8) is 0 Å². The van der Waals surface area contributed by atoms with Crippen LogP contribution in [0.15, 0.2) is 60.0 Å². The van der Waals surface area contributed by atoms with Crippen molar-refractivity contribution < 1.29 is 9.84 Å². The van der Waals surface area contributed by atoms with Crippen molar-refractivity contribution in [1.29, 1.82) is 0 Å². The molecular formula is C28H31N7O3.